The topological polar surface area (TPSA) is 130 Å². The third-order valence-corrected chi connectivity index (χ3v) is 7.00. The number of rotatable bonds is 4. The van der Waals surface area contributed by atoms with Crippen LogP contribution in [0.3, 0.4) is 0 Å². The maximum atomic E-state index is 11.7. The molecule has 14 heteroatoms. The van der Waals surface area contributed by atoms with Crippen LogP contribution in [0.2, 0.25) is 0 Å². The lowest BCUT2D eigenvalue weighted by Crippen LogP contribution is -2.04. The zero-order valence-corrected chi connectivity index (χ0v) is 21.5. The number of imidazole rings is 2. The molecule has 6 aromatic heterocycles. The zero-order chi connectivity index (χ0) is 25.4. The largest absolute Gasteiger partial charge is 0.296 e. The molecule has 0 saturated heterocycles. The Balaban J connectivity index is 0.000000149. The smallest absolute Gasteiger partial charge is 0.198 e. The Bertz CT molecular complexity index is 1800. The van der Waals surface area contributed by atoms with Gasteiger partial charge in [0.15, 0.2) is 26.2 Å². The van der Waals surface area contributed by atoms with E-state index in [2.05, 4.69) is 30.1 Å². The van der Waals surface area contributed by atoms with Crippen molar-refractivity contribution in [1.29, 1.82) is 0 Å². The van der Waals surface area contributed by atoms with Crippen LogP contribution in [0, 0.1) is 0 Å². The molecule has 0 N–H and O–H groups in total. The number of sulfone groups is 1. The van der Waals surface area contributed by atoms with E-state index in [4.69, 9.17) is 0 Å². The summed E-state index contributed by atoms with van der Waals surface area (Å²) < 4.78 is 30.5. The third kappa shape index (κ3) is 4.35. The molecule has 0 aromatic carbocycles. The number of thioether (sulfide) groups is 1. The summed E-state index contributed by atoms with van der Waals surface area (Å²) in [6, 6.07) is 0. The lowest BCUT2D eigenvalue weighted by molar-refractivity contribution is 0.598. The molecule has 0 spiro atoms. The molecular formula is C22H22N10O2S2. The zero-order valence-electron chi connectivity index (χ0n) is 19.9. The predicted molar refractivity (Wildman–Crippen MR) is 135 cm³/mol. The first-order valence-electron chi connectivity index (χ1n) is 10.6. The van der Waals surface area contributed by atoms with Crippen molar-refractivity contribution in [3.8, 4) is 22.5 Å². The van der Waals surface area contributed by atoms with Crippen molar-refractivity contribution in [3.05, 3.63) is 62.0 Å². The number of hydrogen-bond acceptors (Lipinski definition) is 9. The van der Waals surface area contributed by atoms with E-state index in [0.29, 0.717) is 5.65 Å². The normalized spacial score (nSPS) is 11.7. The maximum absolute atomic E-state index is 11.7. The monoisotopic (exact) mass is 522 g/mol. The van der Waals surface area contributed by atoms with Crippen LogP contribution in [0.4, 0.5) is 0 Å². The Labute approximate surface area is 210 Å². The second-order valence-corrected chi connectivity index (χ2v) is 10.6. The minimum absolute atomic E-state index is 0.0230. The third-order valence-electron chi connectivity index (χ3n) is 5.34. The van der Waals surface area contributed by atoms with E-state index in [1.807, 2.05) is 55.7 Å². The van der Waals surface area contributed by atoms with Crippen LogP contribution in [-0.4, -0.2) is 69.2 Å². The van der Waals surface area contributed by atoms with Gasteiger partial charge in [-0.3, -0.25) is 18.2 Å². The minimum Gasteiger partial charge on any atom is -0.296 e. The van der Waals surface area contributed by atoms with Crippen molar-refractivity contribution >= 4 is 32.9 Å². The van der Waals surface area contributed by atoms with Gasteiger partial charge in [0, 0.05) is 68.7 Å². The quantitative estimate of drug-likeness (QED) is 0.320. The van der Waals surface area contributed by atoms with Crippen LogP contribution in [0.25, 0.3) is 33.8 Å². The molecule has 6 heterocycles. The summed E-state index contributed by atoms with van der Waals surface area (Å²) >= 11 is 1.60. The summed E-state index contributed by atoms with van der Waals surface area (Å²) in [6.07, 6.45) is 20.8. The molecule has 0 amide bonds. The van der Waals surface area contributed by atoms with Crippen LogP contribution >= 0.6 is 11.8 Å². The van der Waals surface area contributed by atoms with Crippen LogP contribution in [0.5, 0.6) is 0 Å². The van der Waals surface area contributed by atoms with Gasteiger partial charge in [-0.2, -0.15) is 10.2 Å². The molecule has 0 unspecified atom stereocenters. The fraction of sp³-hybridized carbons (Fsp3) is 0.182. The molecule has 0 aliphatic rings. The molecule has 36 heavy (non-hydrogen) atoms. The molecule has 0 aliphatic carbocycles. The van der Waals surface area contributed by atoms with E-state index in [9.17, 15) is 8.42 Å². The summed E-state index contributed by atoms with van der Waals surface area (Å²) in [5.74, 6) is 0. The van der Waals surface area contributed by atoms with Crippen molar-refractivity contribution in [2.24, 2.45) is 14.1 Å². The van der Waals surface area contributed by atoms with Gasteiger partial charge in [-0.1, -0.05) is 0 Å². The summed E-state index contributed by atoms with van der Waals surface area (Å²) in [4.78, 5) is 16.8. The average Bonchev–Trinajstić information content (AvgIpc) is 3.64. The highest BCUT2D eigenvalue weighted by molar-refractivity contribution is 7.98. The minimum atomic E-state index is -3.41. The van der Waals surface area contributed by atoms with Gasteiger partial charge < -0.3 is 0 Å². The average molecular weight is 523 g/mol. The number of aryl methyl sites for hydroxylation is 2. The van der Waals surface area contributed by atoms with E-state index in [1.54, 1.807) is 50.3 Å². The van der Waals surface area contributed by atoms with Gasteiger partial charge in [0.05, 0.1) is 36.2 Å². The van der Waals surface area contributed by atoms with E-state index in [0.717, 1.165) is 39.4 Å². The maximum Gasteiger partial charge on any atom is 0.198 e. The van der Waals surface area contributed by atoms with Crippen LogP contribution in [-0.2, 0) is 23.9 Å². The summed E-state index contributed by atoms with van der Waals surface area (Å²) in [7, 11) is 0.312. The highest BCUT2D eigenvalue weighted by Gasteiger charge is 2.18. The highest BCUT2D eigenvalue weighted by atomic mass is 32.2. The Morgan fingerprint density at radius 2 is 1.28 bits per heavy atom. The molecule has 6 aromatic rings. The summed E-state index contributed by atoms with van der Waals surface area (Å²) in [5, 5.41) is 9.18. The van der Waals surface area contributed by atoms with Gasteiger partial charge in [0.25, 0.3) is 0 Å². The Morgan fingerprint density at radius 1 is 0.750 bits per heavy atom. The Kier molecular flexibility index (Phi) is 6.05. The van der Waals surface area contributed by atoms with E-state index in [1.165, 1.54) is 6.20 Å². The van der Waals surface area contributed by atoms with Crippen molar-refractivity contribution in [2.75, 3.05) is 12.5 Å². The summed E-state index contributed by atoms with van der Waals surface area (Å²) in [5.41, 5.74) is 4.93. The molecule has 0 fully saturated rings. The van der Waals surface area contributed by atoms with Gasteiger partial charge in [-0.15, -0.1) is 11.8 Å². The van der Waals surface area contributed by atoms with Gasteiger partial charge >= 0.3 is 0 Å². The number of fused-ring (bicyclic) bond motifs is 2. The van der Waals surface area contributed by atoms with Crippen LogP contribution in [0.1, 0.15) is 0 Å². The molecule has 184 valence electrons. The number of nitrogens with zero attached hydrogens (tertiary/aromatic N) is 10. The van der Waals surface area contributed by atoms with Crippen LogP contribution < -0.4 is 0 Å². The first-order chi connectivity index (χ1) is 17.3. The molecule has 0 bridgehead atoms. The first kappa shape index (κ1) is 23.7. The van der Waals surface area contributed by atoms with Gasteiger partial charge in [-0.25, -0.2) is 28.4 Å². The fourth-order valence-corrected chi connectivity index (χ4v) is 4.97. The predicted octanol–water partition coefficient (Wildman–Crippen LogP) is 2.38. The van der Waals surface area contributed by atoms with Gasteiger partial charge in [0.1, 0.15) is 5.03 Å². The van der Waals surface area contributed by atoms with Gasteiger partial charge in [0.2, 0.25) is 0 Å². The first-order valence-corrected chi connectivity index (χ1v) is 13.7. The van der Waals surface area contributed by atoms with E-state index < -0.39 is 9.84 Å². The fourth-order valence-electron chi connectivity index (χ4n) is 3.73. The van der Waals surface area contributed by atoms with E-state index in [-0.39, 0.29) is 5.03 Å². The number of hydrogen-bond donors (Lipinski definition) is 0. The second kappa shape index (κ2) is 9.20. The lowest BCUT2D eigenvalue weighted by atomic mass is 10.3. The van der Waals surface area contributed by atoms with Gasteiger partial charge in [-0.05, 0) is 6.26 Å². The molecule has 0 radical (unpaired) electrons. The van der Waals surface area contributed by atoms with Crippen molar-refractivity contribution in [2.45, 2.75) is 10.1 Å². The standard InChI is InChI=1S/C11H11N5O2S.C11H11N5S/c1-15-7-8(5-14-15)9-6-13-10-11(19(2,17)18)12-3-4-16(9)10;1-15-7-8(5-14-15)9-6-13-10-11(17-2)12-3-4-16(9)10/h3-7H,1-2H3;3-7H,1-2H3. The Hall–Kier alpha value is -4.04. The molecule has 0 saturated carbocycles. The molecule has 6 rings (SSSR count). The summed E-state index contributed by atoms with van der Waals surface area (Å²) in [6.45, 7) is 0. The number of aromatic nitrogens is 10. The van der Waals surface area contributed by atoms with Crippen LogP contribution in [0.15, 0.2) is 72.0 Å². The van der Waals surface area contributed by atoms with Crippen molar-refractivity contribution in [3.63, 3.8) is 0 Å². The van der Waals surface area contributed by atoms with E-state index >= 15 is 0 Å². The second-order valence-electron chi connectivity index (χ2n) is 7.92. The lowest BCUT2D eigenvalue weighted by Gasteiger charge is -2.01. The molecule has 0 atom stereocenters. The molecular weight excluding hydrogens is 500 g/mol. The molecule has 12 nitrogen and oxygen atoms in total. The Morgan fingerprint density at radius 3 is 1.78 bits per heavy atom. The highest BCUT2D eigenvalue weighted by Crippen LogP contribution is 2.24. The van der Waals surface area contributed by atoms with Crippen molar-refractivity contribution < 1.29 is 8.42 Å². The molecule has 0 aliphatic heterocycles. The van der Waals surface area contributed by atoms with Crippen molar-refractivity contribution in [1.82, 2.24) is 48.3 Å². The SMILES string of the molecule is CSc1nccn2c(-c3cnn(C)c3)cnc12.Cn1cc(-c2cnc3c(S(C)(=O)=O)nccn23)cn1.